The van der Waals surface area contributed by atoms with Crippen molar-refractivity contribution in [2.45, 2.75) is 13.8 Å². The molecule has 0 aliphatic carbocycles. The summed E-state index contributed by atoms with van der Waals surface area (Å²) in [5.41, 5.74) is 3.73. The highest BCUT2D eigenvalue weighted by atomic mass is 16.5. The average Bonchev–Trinajstić information content (AvgIpc) is 3.00. The highest BCUT2D eigenvalue weighted by Gasteiger charge is 2.26. The van der Waals surface area contributed by atoms with Gasteiger partial charge in [0, 0.05) is 5.56 Å². The normalized spacial score (nSPS) is 11.0. The van der Waals surface area contributed by atoms with E-state index in [2.05, 4.69) is 0 Å². The van der Waals surface area contributed by atoms with E-state index >= 15 is 0 Å². The number of carbonyl (C=O) groups excluding carboxylic acids is 2. The molecule has 4 rings (SSSR count). The first-order chi connectivity index (χ1) is 13.1. The largest absolute Gasteiger partial charge is 0.462 e. The van der Waals surface area contributed by atoms with Crippen LogP contribution in [0.1, 0.15) is 38.9 Å². The lowest BCUT2D eigenvalue weighted by molar-refractivity contribution is 0.0528. The van der Waals surface area contributed by atoms with Crippen molar-refractivity contribution < 1.29 is 14.3 Å². The molecule has 27 heavy (non-hydrogen) atoms. The van der Waals surface area contributed by atoms with Crippen molar-refractivity contribution in [3.63, 3.8) is 0 Å². The zero-order valence-electron chi connectivity index (χ0n) is 15.2. The average molecular weight is 357 g/mol. The number of hydrogen-bond donors (Lipinski definition) is 0. The summed E-state index contributed by atoms with van der Waals surface area (Å²) in [4.78, 5) is 26.0. The van der Waals surface area contributed by atoms with Gasteiger partial charge in [-0.2, -0.15) is 0 Å². The Kier molecular flexibility index (Phi) is 4.24. The van der Waals surface area contributed by atoms with Crippen molar-refractivity contribution in [2.24, 2.45) is 0 Å². The third-order valence-electron chi connectivity index (χ3n) is 4.78. The highest BCUT2D eigenvalue weighted by molar-refractivity contribution is 6.14. The zero-order valence-corrected chi connectivity index (χ0v) is 15.2. The summed E-state index contributed by atoms with van der Waals surface area (Å²) in [6.07, 6.45) is 0. The number of ketones is 1. The second-order valence-corrected chi connectivity index (χ2v) is 6.38. The molecule has 4 nitrogen and oxygen atoms in total. The standard InChI is InChI=1S/C23H19NO3/c1-3-27-23(26)20-15(2)21(22(25)17-10-5-4-6-11-17)24-18-12-8-7-9-16(18)13-14-19(20)24/h4-14H,3H2,1-2H3. The SMILES string of the molecule is CCOC(=O)c1c(C)c(C(=O)c2ccccc2)n2c1ccc1ccccc12. The van der Waals surface area contributed by atoms with Crippen molar-refractivity contribution in [3.8, 4) is 0 Å². The number of fused-ring (bicyclic) bond motifs is 3. The second kappa shape index (κ2) is 6.72. The zero-order chi connectivity index (χ0) is 19.0. The summed E-state index contributed by atoms with van der Waals surface area (Å²) in [7, 11) is 0. The molecular weight excluding hydrogens is 338 g/mol. The Morgan fingerprint density at radius 3 is 2.33 bits per heavy atom. The summed E-state index contributed by atoms with van der Waals surface area (Å²) in [6, 6.07) is 20.8. The number of hydrogen-bond acceptors (Lipinski definition) is 3. The molecule has 0 unspecified atom stereocenters. The van der Waals surface area contributed by atoms with Crippen molar-refractivity contribution in [2.75, 3.05) is 6.61 Å². The number of nitrogens with zero attached hydrogens (tertiary/aromatic N) is 1. The van der Waals surface area contributed by atoms with Gasteiger partial charge in [0.1, 0.15) is 0 Å². The van der Waals surface area contributed by atoms with Crippen LogP contribution in [-0.4, -0.2) is 22.8 Å². The number of ether oxygens (including phenoxy) is 1. The molecule has 0 amide bonds. The van der Waals surface area contributed by atoms with Crippen molar-refractivity contribution in [1.29, 1.82) is 0 Å². The van der Waals surface area contributed by atoms with Crippen LogP contribution >= 0.6 is 0 Å². The van der Waals surface area contributed by atoms with Gasteiger partial charge < -0.3 is 9.14 Å². The number of pyridine rings is 1. The topological polar surface area (TPSA) is 47.8 Å². The molecule has 0 aliphatic rings. The molecule has 0 aliphatic heterocycles. The molecule has 134 valence electrons. The number of rotatable bonds is 4. The Labute approximate surface area is 157 Å². The molecule has 0 spiro atoms. The number of benzene rings is 2. The first kappa shape index (κ1) is 17.0. The first-order valence-corrected chi connectivity index (χ1v) is 8.93. The fourth-order valence-electron chi connectivity index (χ4n) is 3.58. The van der Waals surface area contributed by atoms with Gasteiger partial charge in [0.25, 0.3) is 0 Å². The van der Waals surface area contributed by atoms with Gasteiger partial charge in [-0.15, -0.1) is 0 Å². The Balaban J connectivity index is 2.10. The van der Waals surface area contributed by atoms with E-state index in [1.54, 1.807) is 19.1 Å². The quantitative estimate of drug-likeness (QED) is 0.389. The Bertz CT molecular complexity index is 1170. The van der Waals surface area contributed by atoms with Gasteiger partial charge in [-0.05, 0) is 36.9 Å². The minimum absolute atomic E-state index is 0.116. The first-order valence-electron chi connectivity index (χ1n) is 8.93. The number of carbonyl (C=O) groups is 2. The molecule has 0 saturated heterocycles. The molecule has 0 N–H and O–H groups in total. The number of aromatic nitrogens is 1. The van der Waals surface area contributed by atoms with Crippen LogP contribution in [0, 0.1) is 6.92 Å². The van der Waals surface area contributed by atoms with E-state index in [0.29, 0.717) is 27.9 Å². The van der Waals surface area contributed by atoms with Crippen molar-refractivity contribution in [1.82, 2.24) is 4.40 Å². The second-order valence-electron chi connectivity index (χ2n) is 6.38. The van der Waals surface area contributed by atoms with Gasteiger partial charge in [-0.3, -0.25) is 4.79 Å². The smallest absolute Gasteiger partial charge is 0.340 e. The minimum atomic E-state index is -0.408. The molecule has 4 heteroatoms. The number of para-hydroxylation sites is 1. The molecule has 0 atom stereocenters. The van der Waals surface area contributed by atoms with E-state index < -0.39 is 5.97 Å². The van der Waals surface area contributed by atoms with Gasteiger partial charge in [-0.1, -0.05) is 54.6 Å². The van der Waals surface area contributed by atoms with Crippen LogP contribution in [0.4, 0.5) is 0 Å². The molecule has 0 radical (unpaired) electrons. The predicted octanol–water partition coefficient (Wildman–Crippen LogP) is 4.81. The molecule has 2 aromatic heterocycles. The van der Waals surface area contributed by atoms with Gasteiger partial charge >= 0.3 is 5.97 Å². The van der Waals surface area contributed by atoms with Crippen LogP contribution in [0.15, 0.2) is 66.7 Å². The fourth-order valence-corrected chi connectivity index (χ4v) is 3.58. The van der Waals surface area contributed by atoms with Gasteiger partial charge in [0.2, 0.25) is 5.78 Å². The van der Waals surface area contributed by atoms with Crippen LogP contribution in [-0.2, 0) is 4.74 Å². The third-order valence-corrected chi connectivity index (χ3v) is 4.78. The van der Waals surface area contributed by atoms with E-state index in [4.69, 9.17) is 4.74 Å². The van der Waals surface area contributed by atoms with E-state index in [1.807, 2.05) is 65.9 Å². The molecule has 2 heterocycles. The highest BCUT2D eigenvalue weighted by Crippen LogP contribution is 2.30. The van der Waals surface area contributed by atoms with Crippen molar-refractivity contribution in [3.05, 3.63) is 89.1 Å². The molecule has 0 fully saturated rings. The molecule has 0 saturated carbocycles. The summed E-state index contributed by atoms with van der Waals surface area (Å²) >= 11 is 0. The fraction of sp³-hybridized carbons (Fsp3) is 0.130. The van der Waals surface area contributed by atoms with Crippen LogP contribution < -0.4 is 0 Å². The van der Waals surface area contributed by atoms with Gasteiger partial charge in [0.05, 0.1) is 28.9 Å². The predicted molar refractivity (Wildman–Crippen MR) is 105 cm³/mol. The maximum absolute atomic E-state index is 13.3. The monoisotopic (exact) mass is 357 g/mol. The molecule has 2 aromatic carbocycles. The maximum atomic E-state index is 13.3. The van der Waals surface area contributed by atoms with Gasteiger partial charge in [0.15, 0.2) is 0 Å². The maximum Gasteiger partial charge on any atom is 0.340 e. The van der Waals surface area contributed by atoms with Crippen LogP contribution in [0.2, 0.25) is 0 Å². The molecule has 0 bridgehead atoms. The lowest BCUT2D eigenvalue weighted by Crippen LogP contribution is -2.08. The van der Waals surface area contributed by atoms with Crippen LogP contribution in [0.25, 0.3) is 16.4 Å². The lowest BCUT2D eigenvalue weighted by Gasteiger charge is -2.08. The Morgan fingerprint density at radius 2 is 1.59 bits per heavy atom. The Hall–Kier alpha value is -3.40. The summed E-state index contributed by atoms with van der Waals surface area (Å²) in [6.45, 7) is 3.87. The third kappa shape index (κ3) is 2.70. The summed E-state index contributed by atoms with van der Waals surface area (Å²) < 4.78 is 7.15. The van der Waals surface area contributed by atoms with E-state index in [0.717, 1.165) is 10.9 Å². The van der Waals surface area contributed by atoms with Gasteiger partial charge in [-0.25, -0.2) is 4.79 Å². The minimum Gasteiger partial charge on any atom is -0.462 e. The van der Waals surface area contributed by atoms with E-state index in [-0.39, 0.29) is 12.4 Å². The van der Waals surface area contributed by atoms with E-state index in [1.165, 1.54) is 0 Å². The lowest BCUT2D eigenvalue weighted by atomic mass is 10.0. The van der Waals surface area contributed by atoms with Crippen molar-refractivity contribution >= 4 is 28.2 Å². The summed E-state index contributed by atoms with van der Waals surface area (Å²) in [5, 5.41) is 0.998. The molecular formula is C23H19NO3. The Morgan fingerprint density at radius 1 is 0.889 bits per heavy atom. The van der Waals surface area contributed by atoms with Crippen LogP contribution in [0.3, 0.4) is 0 Å². The number of esters is 1. The molecule has 4 aromatic rings. The van der Waals surface area contributed by atoms with E-state index in [9.17, 15) is 9.59 Å². The summed E-state index contributed by atoms with van der Waals surface area (Å²) in [5.74, 6) is -0.523. The van der Waals surface area contributed by atoms with Crippen LogP contribution in [0.5, 0.6) is 0 Å².